The van der Waals surface area contributed by atoms with E-state index in [0.29, 0.717) is 5.65 Å². The van der Waals surface area contributed by atoms with Crippen molar-refractivity contribution in [2.75, 3.05) is 26.0 Å². The summed E-state index contributed by atoms with van der Waals surface area (Å²) in [6.07, 6.45) is 9.15. The van der Waals surface area contributed by atoms with E-state index in [1.807, 2.05) is 6.20 Å². The highest BCUT2D eigenvalue weighted by Crippen LogP contribution is 2.33. The Labute approximate surface area is 142 Å². The van der Waals surface area contributed by atoms with E-state index in [1.54, 1.807) is 6.20 Å². The predicted octanol–water partition coefficient (Wildman–Crippen LogP) is 1.12. The Morgan fingerprint density at radius 3 is 2.83 bits per heavy atom. The van der Waals surface area contributed by atoms with Crippen molar-refractivity contribution < 1.29 is 13.5 Å². The average molecular weight is 352 g/mol. The second-order valence-electron chi connectivity index (χ2n) is 6.84. The van der Waals surface area contributed by atoms with Gasteiger partial charge in [0.1, 0.15) is 4.90 Å². The highest BCUT2D eigenvalue weighted by atomic mass is 32.2. The van der Waals surface area contributed by atoms with E-state index in [4.69, 9.17) is 0 Å². The van der Waals surface area contributed by atoms with Crippen molar-refractivity contribution in [1.29, 1.82) is 0 Å². The van der Waals surface area contributed by atoms with Gasteiger partial charge in [-0.3, -0.25) is 4.90 Å². The number of aliphatic hydroxyl groups excluding tert-OH is 1. The molecule has 0 aromatic carbocycles. The van der Waals surface area contributed by atoms with E-state index < -0.39 is 9.84 Å². The minimum atomic E-state index is -3.33. The van der Waals surface area contributed by atoms with Crippen LogP contribution >= 0.6 is 0 Å². The molecule has 0 amide bonds. The van der Waals surface area contributed by atoms with Crippen LogP contribution < -0.4 is 0 Å². The summed E-state index contributed by atoms with van der Waals surface area (Å²) >= 11 is 0. The molecule has 1 atom stereocenters. The van der Waals surface area contributed by atoms with Gasteiger partial charge >= 0.3 is 0 Å². The molecule has 132 valence electrons. The standard InChI is InChI=1S/C16H24N4O3S/c1-3-16(12-21)5-4-6-19(11-16)9-13-7-17-15-14(24(2,22)23)8-18-20(15)10-13/h7-8,10,21H,3-6,9,11-12H2,1-2H3. The predicted molar refractivity (Wildman–Crippen MR) is 90.4 cm³/mol. The molecule has 24 heavy (non-hydrogen) atoms. The largest absolute Gasteiger partial charge is 0.396 e. The monoisotopic (exact) mass is 352 g/mol. The number of nitrogens with zero attached hydrogens (tertiary/aromatic N) is 4. The van der Waals surface area contributed by atoms with E-state index in [2.05, 4.69) is 21.9 Å². The molecular weight excluding hydrogens is 328 g/mol. The normalized spacial score (nSPS) is 23.0. The lowest BCUT2D eigenvalue weighted by molar-refractivity contribution is 0.0257. The summed E-state index contributed by atoms with van der Waals surface area (Å²) in [4.78, 5) is 6.77. The molecule has 2 aromatic rings. The van der Waals surface area contributed by atoms with Gasteiger partial charge < -0.3 is 5.11 Å². The van der Waals surface area contributed by atoms with Gasteiger partial charge in [0.15, 0.2) is 15.5 Å². The van der Waals surface area contributed by atoms with Gasteiger partial charge in [-0.2, -0.15) is 5.10 Å². The van der Waals surface area contributed by atoms with Crippen LogP contribution in [0, 0.1) is 5.41 Å². The van der Waals surface area contributed by atoms with Gasteiger partial charge in [-0.25, -0.2) is 17.9 Å². The molecule has 1 aliphatic heterocycles. The van der Waals surface area contributed by atoms with E-state index in [9.17, 15) is 13.5 Å². The first-order chi connectivity index (χ1) is 11.4. The van der Waals surface area contributed by atoms with Gasteiger partial charge in [0, 0.05) is 49.3 Å². The smallest absolute Gasteiger partial charge is 0.180 e. The van der Waals surface area contributed by atoms with Crippen molar-refractivity contribution in [2.45, 2.75) is 37.6 Å². The summed E-state index contributed by atoms with van der Waals surface area (Å²) in [5, 5.41) is 13.9. The Bertz CT molecular complexity index is 827. The quantitative estimate of drug-likeness (QED) is 0.867. The summed E-state index contributed by atoms with van der Waals surface area (Å²) in [6, 6.07) is 0. The molecule has 0 radical (unpaired) electrons. The zero-order chi connectivity index (χ0) is 17.4. The fourth-order valence-electron chi connectivity index (χ4n) is 3.47. The number of likely N-dealkylation sites (tertiary alicyclic amines) is 1. The highest BCUT2D eigenvalue weighted by Gasteiger charge is 2.33. The van der Waals surface area contributed by atoms with Gasteiger partial charge in [-0.15, -0.1) is 0 Å². The van der Waals surface area contributed by atoms with Crippen LogP contribution in [-0.4, -0.2) is 59.0 Å². The van der Waals surface area contributed by atoms with Crippen LogP contribution in [0.1, 0.15) is 31.7 Å². The third-order valence-electron chi connectivity index (χ3n) is 5.01. The van der Waals surface area contributed by atoms with Crippen LogP contribution in [0.15, 0.2) is 23.5 Å². The maximum Gasteiger partial charge on any atom is 0.180 e. The number of fused-ring (bicyclic) bond motifs is 1. The lowest BCUT2D eigenvalue weighted by Crippen LogP contribution is -2.44. The number of hydrogen-bond donors (Lipinski definition) is 1. The summed E-state index contributed by atoms with van der Waals surface area (Å²) in [6.45, 7) is 4.93. The molecule has 0 spiro atoms. The molecule has 2 aromatic heterocycles. The van der Waals surface area contributed by atoms with Crippen molar-refractivity contribution >= 4 is 15.5 Å². The minimum Gasteiger partial charge on any atom is -0.396 e. The van der Waals surface area contributed by atoms with Crippen molar-refractivity contribution in [3.63, 3.8) is 0 Å². The maximum absolute atomic E-state index is 11.7. The number of rotatable bonds is 5. The van der Waals surface area contributed by atoms with Crippen LogP contribution in [0.2, 0.25) is 0 Å². The topological polar surface area (TPSA) is 87.8 Å². The van der Waals surface area contributed by atoms with Gasteiger partial charge in [-0.05, 0) is 25.8 Å². The maximum atomic E-state index is 11.7. The molecule has 1 N–H and O–H groups in total. The van der Waals surface area contributed by atoms with Crippen LogP contribution in [0.3, 0.4) is 0 Å². The van der Waals surface area contributed by atoms with Crippen LogP contribution in [0.4, 0.5) is 0 Å². The molecule has 3 heterocycles. The van der Waals surface area contributed by atoms with Crippen LogP contribution in [-0.2, 0) is 16.4 Å². The number of aromatic nitrogens is 3. The summed E-state index contributed by atoms with van der Waals surface area (Å²) < 4.78 is 25.0. The lowest BCUT2D eigenvalue weighted by Gasteiger charge is -2.41. The van der Waals surface area contributed by atoms with Gasteiger partial charge in [0.25, 0.3) is 0 Å². The van der Waals surface area contributed by atoms with Crippen molar-refractivity contribution in [3.05, 3.63) is 24.2 Å². The van der Waals surface area contributed by atoms with E-state index in [1.165, 1.54) is 10.7 Å². The third kappa shape index (κ3) is 3.31. The molecule has 1 aliphatic rings. The molecule has 1 saturated heterocycles. The highest BCUT2D eigenvalue weighted by molar-refractivity contribution is 7.90. The Kier molecular flexibility index (Phi) is 4.63. The summed E-state index contributed by atoms with van der Waals surface area (Å²) in [5.74, 6) is 0. The lowest BCUT2D eigenvalue weighted by atomic mass is 9.78. The first kappa shape index (κ1) is 17.3. The molecule has 3 rings (SSSR count). The Hall–Kier alpha value is -1.51. The number of sulfone groups is 1. The molecule has 0 saturated carbocycles. The van der Waals surface area contributed by atoms with Gasteiger partial charge in [0.05, 0.1) is 6.20 Å². The minimum absolute atomic E-state index is 0.00899. The fourth-order valence-corrected chi connectivity index (χ4v) is 4.18. The van der Waals surface area contributed by atoms with E-state index in [0.717, 1.165) is 50.7 Å². The number of hydrogen-bond acceptors (Lipinski definition) is 6. The molecule has 7 nitrogen and oxygen atoms in total. The number of aliphatic hydroxyl groups is 1. The van der Waals surface area contributed by atoms with Crippen LogP contribution in [0.25, 0.3) is 5.65 Å². The molecule has 0 bridgehead atoms. The van der Waals surface area contributed by atoms with Gasteiger partial charge in [-0.1, -0.05) is 6.92 Å². The second-order valence-corrected chi connectivity index (χ2v) is 8.82. The Morgan fingerprint density at radius 1 is 1.38 bits per heavy atom. The second kappa shape index (κ2) is 6.42. The van der Waals surface area contributed by atoms with E-state index in [-0.39, 0.29) is 16.9 Å². The van der Waals surface area contributed by atoms with Gasteiger partial charge in [0.2, 0.25) is 0 Å². The molecule has 0 aliphatic carbocycles. The first-order valence-corrected chi connectivity index (χ1v) is 10.1. The van der Waals surface area contributed by atoms with Crippen LogP contribution in [0.5, 0.6) is 0 Å². The number of piperidine rings is 1. The Balaban J connectivity index is 1.81. The average Bonchev–Trinajstić information content (AvgIpc) is 2.98. The SMILES string of the molecule is CCC1(CO)CCCN(Cc2cnc3c(S(C)(=O)=O)cnn3c2)C1. The van der Waals surface area contributed by atoms with E-state index >= 15 is 0 Å². The van der Waals surface area contributed by atoms with Crippen molar-refractivity contribution in [3.8, 4) is 0 Å². The first-order valence-electron chi connectivity index (χ1n) is 8.22. The van der Waals surface area contributed by atoms with Crippen molar-refractivity contribution in [2.24, 2.45) is 5.41 Å². The zero-order valence-electron chi connectivity index (χ0n) is 14.1. The zero-order valence-corrected chi connectivity index (χ0v) is 15.0. The Morgan fingerprint density at radius 2 is 2.17 bits per heavy atom. The van der Waals surface area contributed by atoms with Crippen molar-refractivity contribution in [1.82, 2.24) is 19.5 Å². The molecule has 1 fully saturated rings. The fraction of sp³-hybridized carbons (Fsp3) is 0.625. The summed E-state index contributed by atoms with van der Waals surface area (Å²) in [7, 11) is -3.33. The third-order valence-corrected chi connectivity index (χ3v) is 6.10. The molecule has 1 unspecified atom stereocenters. The molecule has 8 heteroatoms. The summed E-state index contributed by atoms with van der Waals surface area (Å²) in [5.41, 5.74) is 1.33. The molecular formula is C16H24N4O3S.